The van der Waals surface area contributed by atoms with Crippen molar-refractivity contribution < 1.29 is 0 Å². The lowest BCUT2D eigenvalue weighted by atomic mass is 10.1. The van der Waals surface area contributed by atoms with E-state index in [1.165, 1.54) is 0 Å². The highest BCUT2D eigenvalue weighted by Gasteiger charge is 2.07. The minimum Gasteiger partial charge on any atom is -0.399 e. The third-order valence-corrected chi connectivity index (χ3v) is 3.07. The summed E-state index contributed by atoms with van der Waals surface area (Å²) < 4.78 is 0. The predicted octanol–water partition coefficient (Wildman–Crippen LogP) is 0.307. The van der Waals surface area contributed by atoms with Gasteiger partial charge in [-0.2, -0.15) is 0 Å². The lowest BCUT2D eigenvalue weighted by Gasteiger charge is -1.99. The second-order valence-electron chi connectivity index (χ2n) is 4.56. The normalized spacial score (nSPS) is 11.0. The Hall–Kier alpha value is -2.83. The molecule has 1 aromatic carbocycles. The van der Waals surface area contributed by atoms with Gasteiger partial charge < -0.3 is 10.7 Å². The van der Waals surface area contributed by atoms with Crippen molar-refractivity contribution in [2.24, 2.45) is 0 Å². The summed E-state index contributed by atoms with van der Waals surface area (Å²) in [4.78, 5) is 34.5. The first kappa shape index (κ1) is 12.2. The lowest BCUT2D eigenvalue weighted by molar-refractivity contribution is 0.889. The Kier molecular flexibility index (Phi) is 2.86. The fraction of sp³-hybridized carbons (Fsp3) is 0.154. The standard InChI is InChI=1S/C13H13N5O2/c14-8-4-1-7(2-5-8)3-6-9-15-10-11(16-9)17-13(20)18-12(10)19/h1-2,4-5H,3,6,14H2,(H3,15,16,17,18,19,20). The van der Waals surface area contributed by atoms with Crippen LogP contribution in [-0.4, -0.2) is 19.9 Å². The average molecular weight is 271 g/mol. The van der Waals surface area contributed by atoms with E-state index in [-0.39, 0.29) is 11.2 Å². The van der Waals surface area contributed by atoms with Gasteiger partial charge in [0.05, 0.1) is 0 Å². The van der Waals surface area contributed by atoms with Crippen molar-refractivity contribution in [3.63, 3.8) is 0 Å². The zero-order valence-corrected chi connectivity index (χ0v) is 10.6. The van der Waals surface area contributed by atoms with E-state index in [9.17, 15) is 9.59 Å². The molecule has 0 saturated carbocycles. The van der Waals surface area contributed by atoms with Gasteiger partial charge in [-0.25, -0.2) is 9.78 Å². The number of anilines is 1. The summed E-state index contributed by atoms with van der Waals surface area (Å²) in [5, 5.41) is 0. The maximum Gasteiger partial charge on any atom is 0.327 e. The molecule has 20 heavy (non-hydrogen) atoms. The van der Waals surface area contributed by atoms with Crippen LogP contribution >= 0.6 is 0 Å². The minimum atomic E-state index is -0.556. The molecule has 3 rings (SSSR count). The first-order valence-corrected chi connectivity index (χ1v) is 6.17. The zero-order valence-electron chi connectivity index (χ0n) is 10.6. The molecule has 0 amide bonds. The number of aromatic nitrogens is 4. The number of nitrogens with zero attached hydrogens (tertiary/aromatic N) is 1. The maximum atomic E-state index is 11.6. The van der Waals surface area contributed by atoms with E-state index in [0.717, 1.165) is 17.7 Å². The molecule has 5 N–H and O–H groups in total. The van der Waals surface area contributed by atoms with Gasteiger partial charge in [-0.1, -0.05) is 12.1 Å². The van der Waals surface area contributed by atoms with Crippen molar-refractivity contribution >= 4 is 16.9 Å². The van der Waals surface area contributed by atoms with Gasteiger partial charge >= 0.3 is 5.69 Å². The molecular weight excluding hydrogens is 258 g/mol. The highest BCUT2D eigenvalue weighted by Crippen LogP contribution is 2.09. The van der Waals surface area contributed by atoms with Crippen molar-refractivity contribution in [3.05, 3.63) is 56.5 Å². The fourth-order valence-corrected chi connectivity index (χ4v) is 2.05. The molecule has 0 radical (unpaired) electrons. The van der Waals surface area contributed by atoms with E-state index in [2.05, 4.69) is 19.9 Å². The Bertz CT molecular complexity index is 857. The van der Waals surface area contributed by atoms with Crippen LogP contribution in [0.25, 0.3) is 11.2 Å². The summed E-state index contributed by atoms with van der Waals surface area (Å²) in [5.74, 6) is 0.657. The highest BCUT2D eigenvalue weighted by molar-refractivity contribution is 5.68. The van der Waals surface area contributed by atoms with E-state index in [0.29, 0.717) is 12.2 Å². The Morgan fingerprint density at radius 1 is 1.00 bits per heavy atom. The number of imidazole rings is 1. The van der Waals surface area contributed by atoms with E-state index in [1.807, 2.05) is 24.3 Å². The van der Waals surface area contributed by atoms with Crippen LogP contribution in [-0.2, 0) is 12.8 Å². The zero-order chi connectivity index (χ0) is 14.1. The second kappa shape index (κ2) is 4.69. The summed E-state index contributed by atoms with van der Waals surface area (Å²) in [6.45, 7) is 0. The summed E-state index contributed by atoms with van der Waals surface area (Å²) in [7, 11) is 0. The lowest BCUT2D eigenvalue weighted by Crippen LogP contribution is -2.21. The molecule has 0 unspecified atom stereocenters. The first-order valence-electron chi connectivity index (χ1n) is 6.17. The van der Waals surface area contributed by atoms with Gasteiger partial charge in [-0.3, -0.25) is 14.8 Å². The Balaban J connectivity index is 1.84. The number of hydrogen-bond donors (Lipinski definition) is 4. The van der Waals surface area contributed by atoms with Crippen molar-refractivity contribution in [2.45, 2.75) is 12.8 Å². The van der Waals surface area contributed by atoms with Gasteiger partial charge in [0, 0.05) is 12.1 Å². The fourth-order valence-electron chi connectivity index (χ4n) is 2.05. The molecule has 0 fully saturated rings. The van der Waals surface area contributed by atoms with Crippen LogP contribution in [0.5, 0.6) is 0 Å². The van der Waals surface area contributed by atoms with Crippen LogP contribution in [0.15, 0.2) is 33.9 Å². The molecule has 2 aromatic heterocycles. The van der Waals surface area contributed by atoms with Crippen molar-refractivity contribution in [2.75, 3.05) is 5.73 Å². The number of hydrogen-bond acceptors (Lipinski definition) is 4. The van der Waals surface area contributed by atoms with Crippen LogP contribution < -0.4 is 17.0 Å². The van der Waals surface area contributed by atoms with Crippen molar-refractivity contribution in [1.82, 2.24) is 19.9 Å². The second-order valence-corrected chi connectivity index (χ2v) is 4.56. The topological polar surface area (TPSA) is 120 Å². The molecule has 3 aromatic rings. The number of H-pyrrole nitrogens is 3. The summed E-state index contributed by atoms with van der Waals surface area (Å²) in [6.07, 6.45) is 1.41. The van der Waals surface area contributed by atoms with E-state index in [1.54, 1.807) is 0 Å². The number of aryl methyl sites for hydroxylation is 2. The molecule has 102 valence electrons. The van der Waals surface area contributed by atoms with E-state index >= 15 is 0 Å². The largest absolute Gasteiger partial charge is 0.399 e. The SMILES string of the molecule is Nc1ccc(CCc2nc3[nH]c(=O)[nH]c(=O)c3[nH]2)cc1. The molecule has 0 bridgehead atoms. The summed E-state index contributed by atoms with van der Waals surface area (Å²) >= 11 is 0. The number of nitrogens with two attached hydrogens (primary N) is 1. The van der Waals surface area contributed by atoms with Gasteiger partial charge in [0.15, 0.2) is 5.65 Å². The quantitative estimate of drug-likeness (QED) is 0.512. The Labute approximate surface area is 112 Å². The number of benzene rings is 1. The van der Waals surface area contributed by atoms with Gasteiger partial charge in [-0.05, 0) is 24.1 Å². The van der Waals surface area contributed by atoms with Crippen LogP contribution in [0, 0.1) is 0 Å². The predicted molar refractivity (Wildman–Crippen MR) is 75.6 cm³/mol. The van der Waals surface area contributed by atoms with Crippen molar-refractivity contribution in [1.29, 1.82) is 0 Å². The number of nitrogens with one attached hydrogen (secondary N) is 3. The van der Waals surface area contributed by atoms with E-state index < -0.39 is 11.2 Å². The number of aromatic amines is 3. The molecular formula is C13H13N5O2. The first-order chi connectivity index (χ1) is 9.61. The number of rotatable bonds is 3. The Morgan fingerprint density at radius 3 is 2.50 bits per heavy atom. The summed E-state index contributed by atoms with van der Waals surface area (Å²) in [5.41, 5.74) is 7.03. The van der Waals surface area contributed by atoms with Gasteiger partial charge in [-0.15, -0.1) is 0 Å². The maximum absolute atomic E-state index is 11.6. The number of fused-ring (bicyclic) bond motifs is 1. The molecule has 7 heteroatoms. The Morgan fingerprint density at radius 2 is 1.75 bits per heavy atom. The van der Waals surface area contributed by atoms with Crippen molar-refractivity contribution in [3.8, 4) is 0 Å². The molecule has 0 aliphatic heterocycles. The third kappa shape index (κ3) is 2.33. The molecule has 0 aliphatic rings. The van der Waals surface area contributed by atoms with Crippen LogP contribution in [0.4, 0.5) is 5.69 Å². The van der Waals surface area contributed by atoms with Gasteiger partial charge in [0.2, 0.25) is 0 Å². The average Bonchev–Trinajstić information content (AvgIpc) is 2.81. The van der Waals surface area contributed by atoms with Gasteiger partial charge in [0.25, 0.3) is 5.56 Å². The van der Waals surface area contributed by atoms with Crippen LogP contribution in [0.2, 0.25) is 0 Å². The van der Waals surface area contributed by atoms with E-state index in [4.69, 9.17) is 5.73 Å². The van der Waals surface area contributed by atoms with Gasteiger partial charge in [0.1, 0.15) is 11.3 Å². The molecule has 7 nitrogen and oxygen atoms in total. The van der Waals surface area contributed by atoms with Crippen LogP contribution in [0.3, 0.4) is 0 Å². The highest BCUT2D eigenvalue weighted by atomic mass is 16.2. The molecule has 0 aliphatic carbocycles. The minimum absolute atomic E-state index is 0.283. The third-order valence-electron chi connectivity index (χ3n) is 3.07. The smallest absolute Gasteiger partial charge is 0.327 e. The number of nitrogen functional groups attached to an aromatic ring is 1. The molecule has 2 heterocycles. The monoisotopic (exact) mass is 271 g/mol. The molecule has 0 atom stereocenters. The molecule has 0 saturated heterocycles. The molecule has 0 spiro atoms. The van der Waals surface area contributed by atoms with Crippen LogP contribution in [0.1, 0.15) is 11.4 Å². The summed E-state index contributed by atoms with van der Waals surface area (Å²) in [6, 6.07) is 7.59.